The number of β-amino-alcohol motifs (C(OH)–C–C–N with tert-alkyl or cyclic N) is 1. The van der Waals surface area contributed by atoms with Gasteiger partial charge in [0.05, 0.1) is 15.8 Å². The highest BCUT2D eigenvalue weighted by Crippen LogP contribution is 2.30. The van der Waals surface area contributed by atoms with Crippen LogP contribution < -0.4 is 4.90 Å². The molecule has 1 atom stereocenters. The number of thiazole rings is 1. The number of anilines is 1. The Morgan fingerprint density at radius 3 is 2.76 bits per heavy atom. The molecule has 0 aliphatic carbocycles. The maximum Gasteiger partial charge on any atom is 0.186 e. The summed E-state index contributed by atoms with van der Waals surface area (Å²) in [6.45, 7) is 9.63. The number of benzene rings is 1. The van der Waals surface area contributed by atoms with Gasteiger partial charge in [0.2, 0.25) is 0 Å². The Balaban J connectivity index is 1.73. The van der Waals surface area contributed by atoms with E-state index in [0.717, 1.165) is 36.8 Å². The van der Waals surface area contributed by atoms with Crippen molar-refractivity contribution in [3.63, 3.8) is 0 Å². The van der Waals surface area contributed by atoms with E-state index in [-0.39, 0.29) is 0 Å². The molecular formula is C16H23N3OS. The van der Waals surface area contributed by atoms with Gasteiger partial charge in [-0.1, -0.05) is 23.5 Å². The van der Waals surface area contributed by atoms with Crippen LogP contribution in [-0.2, 0) is 0 Å². The van der Waals surface area contributed by atoms with Crippen molar-refractivity contribution in [1.82, 2.24) is 9.88 Å². The third-order valence-electron chi connectivity index (χ3n) is 3.85. The SMILES string of the molecule is CC1CN(CC(C)(C)O)CCN1c1nc2ccccc2s1. The van der Waals surface area contributed by atoms with Crippen LogP contribution in [0.2, 0.25) is 0 Å². The first kappa shape index (κ1) is 14.8. The monoisotopic (exact) mass is 305 g/mol. The molecule has 2 heterocycles. The number of nitrogens with zero attached hydrogens (tertiary/aromatic N) is 3. The van der Waals surface area contributed by atoms with Crippen LogP contribution in [-0.4, -0.2) is 52.8 Å². The molecule has 0 amide bonds. The van der Waals surface area contributed by atoms with Gasteiger partial charge in [0, 0.05) is 32.2 Å². The molecule has 1 aliphatic rings. The number of aliphatic hydroxyl groups is 1. The predicted octanol–water partition coefficient (Wildman–Crippen LogP) is 2.58. The van der Waals surface area contributed by atoms with Crippen LogP contribution in [0.4, 0.5) is 5.13 Å². The van der Waals surface area contributed by atoms with Gasteiger partial charge in [0.1, 0.15) is 0 Å². The lowest BCUT2D eigenvalue weighted by Crippen LogP contribution is -2.54. The molecule has 2 aromatic rings. The number of rotatable bonds is 3. The van der Waals surface area contributed by atoms with E-state index < -0.39 is 5.60 Å². The van der Waals surface area contributed by atoms with Crippen LogP contribution in [0.25, 0.3) is 10.2 Å². The van der Waals surface area contributed by atoms with Crippen LogP contribution in [0.3, 0.4) is 0 Å². The summed E-state index contributed by atoms with van der Waals surface area (Å²) in [6.07, 6.45) is 0. The zero-order valence-electron chi connectivity index (χ0n) is 12.9. The van der Waals surface area contributed by atoms with Crippen LogP contribution in [0.15, 0.2) is 24.3 Å². The first-order valence-electron chi connectivity index (χ1n) is 7.49. The van der Waals surface area contributed by atoms with Crippen molar-refractivity contribution in [3.05, 3.63) is 24.3 Å². The van der Waals surface area contributed by atoms with E-state index in [4.69, 9.17) is 4.98 Å². The molecule has 4 nitrogen and oxygen atoms in total. The average molecular weight is 305 g/mol. The number of aromatic nitrogens is 1. The Kier molecular flexibility index (Phi) is 3.90. The summed E-state index contributed by atoms with van der Waals surface area (Å²) in [6, 6.07) is 8.73. The molecule has 1 aromatic heterocycles. The van der Waals surface area contributed by atoms with Gasteiger partial charge >= 0.3 is 0 Å². The van der Waals surface area contributed by atoms with E-state index in [9.17, 15) is 5.11 Å². The molecule has 114 valence electrons. The largest absolute Gasteiger partial charge is 0.389 e. The maximum atomic E-state index is 9.97. The molecule has 1 N–H and O–H groups in total. The van der Waals surface area contributed by atoms with Crippen molar-refractivity contribution < 1.29 is 5.11 Å². The van der Waals surface area contributed by atoms with E-state index in [0.29, 0.717) is 6.04 Å². The first-order valence-corrected chi connectivity index (χ1v) is 8.31. The number of fused-ring (bicyclic) bond motifs is 1. The fourth-order valence-corrected chi connectivity index (χ4v) is 4.08. The minimum absolute atomic E-state index is 0.418. The van der Waals surface area contributed by atoms with Crippen LogP contribution in [0.5, 0.6) is 0 Å². The van der Waals surface area contributed by atoms with Crippen molar-refractivity contribution in [2.24, 2.45) is 0 Å². The van der Waals surface area contributed by atoms with E-state index >= 15 is 0 Å². The summed E-state index contributed by atoms with van der Waals surface area (Å²) in [7, 11) is 0. The van der Waals surface area contributed by atoms with Gasteiger partial charge in [-0.3, -0.25) is 4.90 Å². The third kappa shape index (κ3) is 3.36. The summed E-state index contributed by atoms with van der Waals surface area (Å²) < 4.78 is 1.25. The fraction of sp³-hybridized carbons (Fsp3) is 0.562. The minimum atomic E-state index is -0.627. The van der Waals surface area contributed by atoms with Gasteiger partial charge in [-0.25, -0.2) is 4.98 Å². The van der Waals surface area contributed by atoms with Crippen molar-refractivity contribution in [3.8, 4) is 0 Å². The number of para-hydroxylation sites is 1. The van der Waals surface area contributed by atoms with Gasteiger partial charge in [-0.2, -0.15) is 0 Å². The zero-order valence-corrected chi connectivity index (χ0v) is 13.7. The fourth-order valence-electron chi connectivity index (χ4n) is 2.99. The second-order valence-electron chi connectivity index (χ2n) is 6.55. The molecular weight excluding hydrogens is 282 g/mol. The van der Waals surface area contributed by atoms with E-state index in [1.54, 1.807) is 11.3 Å². The van der Waals surface area contributed by atoms with Crippen molar-refractivity contribution in [2.75, 3.05) is 31.1 Å². The standard InChI is InChI=1S/C16H23N3OS/c1-12-10-18(11-16(2,3)20)8-9-19(12)15-17-13-6-4-5-7-14(13)21-15/h4-7,12,20H,8-11H2,1-3H3. The molecule has 1 saturated heterocycles. The van der Waals surface area contributed by atoms with Crippen molar-refractivity contribution >= 4 is 26.7 Å². The summed E-state index contributed by atoms with van der Waals surface area (Å²) in [5, 5.41) is 11.1. The Bertz CT molecular complexity index is 586. The molecule has 0 bridgehead atoms. The molecule has 0 saturated carbocycles. The summed E-state index contributed by atoms with van der Waals surface area (Å²) in [5.74, 6) is 0. The lowest BCUT2D eigenvalue weighted by Gasteiger charge is -2.41. The molecule has 5 heteroatoms. The lowest BCUT2D eigenvalue weighted by atomic mass is 10.1. The maximum absolute atomic E-state index is 9.97. The topological polar surface area (TPSA) is 39.6 Å². The quantitative estimate of drug-likeness (QED) is 0.946. The van der Waals surface area contributed by atoms with E-state index in [1.165, 1.54) is 4.70 Å². The molecule has 1 aromatic carbocycles. The highest BCUT2D eigenvalue weighted by molar-refractivity contribution is 7.22. The van der Waals surface area contributed by atoms with Crippen LogP contribution in [0, 0.1) is 0 Å². The highest BCUT2D eigenvalue weighted by atomic mass is 32.1. The molecule has 0 radical (unpaired) electrons. The van der Waals surface area contributed by atoms with Crippen molar-refractivity contribution in [2.45, 2.75) is 32.4 Å². The van der Waals surface area contributed by atoms with E-state index in [2.05, 4.69) is 34.9 Å². The normalized spacial score (nSPS) is 21.1. The summed E-state index contributed by atoms with van der Waals surface area (Å²) in [5.41, 5.74) is 0.459. The Labute approximate surface area is 130 Å². The van der Waals surface area contributed by atoms with Crippen LogP contribution >= 0.6 is 11.3 Å². The van der Waals surface area contributed by atoms with Gasteiger partial charge < -0.3 is 10.0 Å². The van der Waals surface area contributed by atoms with Gasteiger partial charge in [-0.15, -0.1) is 0 Å². The zero-order chi connectivity index (χ0) is 15.0. The number of hydrogen-bond donors (Lipinski definition) is 1. The molecule has 0 spiro atoms. The Hall–Kier alpha value is -1.17. The molecule has 1 unspecified atom stereocenters. The molecule has 3 rings (SSSR count). The van der Waals surface area contributed by atoms with Crippen molar-refractivity contribution in [1.29, 1.82) is 0 Å². The lowest BCUT2D eigenvalue weighted by molar-refractivity contribution is 0.0308. The molecule has 1 fully saturated rings. The summed E-state index contributed by atoms with van der Waals surface area (Å²) >= 11 is 1.77. The van der Waals surface area contributed by atoms with Gasteiger partial charge in [0.25, 0.3) is 0 Å². The summed E-state index contributed by atoms with van der Waals surface area (Å²) in [4.78, 5) is 9.50. The number of piperazine rings is 1. The van der Waals surface area contributed by atoms with E-state index in [1.807, 2.05) is 19.9 Å². The smallest absolute Gasteiger partial charge is 0.186 e. The first-order chi connectivity index (χ1) is 9.92. The second-order valence-corrected chi connectivity index (χ2v) is 7.56. The molecule has 1 aliphatic heterocycles. The predicted molar refractivity (Wildman–Crippen MR) is 89.2 cm³/mol. The van der Waals surface area contributed by atoms with Crippen LogP contribution in [0.1, 0.15) is 20.8 Å². The number of hydrogen-bond acceptors (Lipinski definition) is 5. The average Bonchev–Trinajstić information content (AvgIpc) is 2.80. The van der Waals surface area contributed by atoms with Gasteiger partial charge in [-0.05, 0) is 32.9 Å². The van der Waals surface area contributed by atoms with Gasteiger partial charge in [0.15, 0.2) is 5.13 Å². The minimum Gasteiger partial charge on any atom is -0.389 e. The Morgan fingerprint density at radius 1 is 1.33 bits per heavy atom. The third-order valence-corrected chi connectivity index (χ3v) is 4.92. The second kappa shape index (κ2) is 5.55. The highest BCUT2D eigenvalue weighted by Gasteiger charge is 2.28. The molecule has 21 heavy (non-hydrogen) atoms. The Morgan fingerprint density at radius 2 is 2.10 bits per heavy atom.